The first-order valence-corrected chi connectivity index (χ1v) is 9.48. The number of carbonyl (C=O) groups excluding carboxylic acids is 1. The molecule has 1 aliphatic heterocycles. The Kier molecular flexibility index (Phi) is 7.14. The number of hydrogen-bond donors (Lipinski definition) is 2. The van der Waals surface area contributed by atoms with Crippen LogP contribution in [0.15, 0.2) is 54.2 Å². The van der Waals surface area contributed by atoms with E-state index in [-0.39, 0.29) is 5.57 Å². The van der Waals surface area contributed by atoms with E-state index in [4.69, 9.17) is 14.2 Å². The van der Waals surface area contributed by atoms with E-state index in [9.17, 15) is 10.1 Å². The zero-order valence-electron chi connectivity index (χ0n) is 17.0. The number of carbonyl (C=O) groups is 1. The second kappa shape index (κ2) is 10.2. The molecule has 2 N–H and O–H groups in total. The van der Waals surface area contributed by atoms with Crippen molar-refractivity contribution in [1.82, 2.24) is 0 Å². The molecule has 0 spiro atoms. The van der Waals surface area contributed by atoms with Crippen LogP contribution in [0.1, 0.15) is 0 Å². The fourth-order valence-electron chi connectivity index (χ4n) is 3.08. The first-order chi connectivity index (χ1) is 14.7. The summed E-state index contributed by atoms with van der Waals surface area (Å²) in [6.45, 7) is 2.89. The van der Waals surface area contributed by atoms with Crippen molar-refractivity contribution < 1.29 is 19.0 Å². The minimum atomic E-state index is -0.555. The summed E-state index contributed by atoms with van der Waals surface area (Å²) < 4.78 is 15.9. The predicted molar refractivity (Wildman–Crippen MR) is 115 cm³/mol. The van der Waals surface area contributed by atoms with Gasteiger partial charge in [-0.25, -0.2) is 0 Å². The SMILES string of the molecule is COc1ccc(OC)c(NC(=O)/C(C#N)=C\Nc2ccccc2N2CCOCC2)c1. The second-order valence-electron chi connectivity index (χ2n) is 6.45. The Morgan fingerprint density at radius 3 is 2.60 bits per heavy atom. The Morgan fingerprint density at radius 1 is 1.13 bits per heavy atom. The van der Waals surface area contributed by atoms with Crippen molar-refractivity contribution in [2.75, 3.05) is 56.1 Å². The minimum absolute atomic E-state index is 0.0725. The molecule has 0 aromatic heterocycles. The van der Waals surface area contributed by atoms with E-state index < -0.39 is 5.91 Å². The number of rotatable bonds is 7. The van der Waals surface area contributed by atoms with Crippen molar-refractivity contribution in [3.8, 4) is 17.6 Å². The maximum atomic E-state index is 12.7. The van der Waals surface area contributed by atoms with Crippen LogP contribution in [0.25, 0.3) is 0 Å². The lowest BCUT2D eigenvalue weighted by Gasteiger charge is -2.30. The number of morpholine rings is 1. The Bertz CT molecular complexity index is 962. The van der Waals surface area contributed by atoms with Gasteiger partial charge in [0.25, 0.3) is 5.91 Å². The smallest absolute Gasteiger partial charge is 0.267 e. The summed E-state index contributed by atoms with van der Waals surface area (Å²) in [5, 5.41) is 15.3. The van der Waals surface area contributed by atoms with Gasteiger partial charge in [-0.05, 0) is 24.3 Å². The summed E-state index contributed by atoms with van der Waals surface area (Å²) in [6, 6.07) is 14.7. The average molecular weight is 408 g/mol. The number of nitrogens with one attached hydrogen (secondary N) is 2. The van der Waals surface area contributed by atoms with Crippen molar-refractivity contribution in [2.45, 2.75) is 0 Å². The largest absolute Gasteiger partial charge is 0.497 e. The number of anilines is 3. The molecule has 0 aliphatic carbocycles. The molecule has 8 nitrogen and oxygen atoms in total. The van der Waals surface area contributed by atoms with Crippen molar-refractivity contribution in [3.63, 3.8) is 0 Å². The zero-order valence-corrected chi connectivity index (χ0v) is 17.0. The molecule has 0 bridgehead atoms. The normalized spacial score (nSPS) is 13.9. The Morgan fingerprint density at radius 2 is 1.90 bits per heavy atom. The van der Waals surface area contributed by atoms with E-state index in [2.05, 4.69) is 15.5 Å². The van der Waals surface area contributed by atoms with Crippen LogP contribution in [0.3, 0.4) is 0 Å². The standard InChI is InChI=1S/C22H24N4O4/c1-28-17-7-8-21(29-2)19(13-17)25-22(27)16(14-23)15-24-18-5-3-4-6-20(18)26-9-11-30-12-10-26/h3-8,13,15,24H,9-12H2,1-2H3,(H,25,27)/b16-15-. The van der Waals surface area contributed by atoms with Crippen molar-refractivity contribution in [1.29, 1.82) is 5.26 Å². The van der Waals surface area contributed by atoms with Gasteiger partial charge in [0.15, 0.2) is 0 Å². The second-order valence-corrected chi connectivity index (χ2v) is 6.45. The lowest BCUT2D eigenvalue weighted by atomic mass is 10.2. The van der Waals surface area contributed by atoms with Gasteiger partial charge >= 0.3 is 0 Å². The topological polar surface area (TPSA) is 95.8 Å². The molecule has 8 heteroatoms. The first-order valence-electron chi connectivity index (χ1n) is 9.48. The van der Waals surface area contributed by atoms with Gasteiger partial charge in [0.05, 0.1) is 44.5 Å². The molecule has 1 heterocycles. The fourth-order valence-corrected chi connectivity index (χ4v) is 3.08. The molecule has 0 atom stereocenters. The number of benzene rings is 2. The van der Waals surface area contributed by atoms with Gasteiger partial charge in [0.2, 0.25) is 0 Å². The molecule has 3 rings (SSSR count). The molecule has 2 aromatic carbocycles. The molecule has 1 amide bonds. The molecule has 0 radical (unpaired) electrons. The van der Waals surface area contributed by atoms with Crippen LogP contribution in [-0.4, -0.2) is 46.4 Å². The molecule has 1 saturated heterocycles. The molecule has 0 unspecified atom stereocenters. The summed E-state index contributed by atoms with van der Waals surface area (Å²) in [6.07, 6.45) is 1.40. The van der Waals surface area contributed by atoms with Crippen LogP contribution in [0.5, 0.6) is 11.5 Å². The monoisotopic (exact) mass is 408 g/mol. The lowest BCUT2D eigenvalue weighted by molar-refractivity contribution is -0.112. The van der Waals surface area contributed by atoms with Crippen LogP contribution in [-0.2, 0) is 9.53 Å². The summed E-state index contributed by atoms with van der Waals surface area (Å²) in [5.74, 6) is 0.471. The third-order valence-electron chi connectivity index (χ3n) is 4.65. The van der Waals surface area contributed by atoms with Gasteiger partial charge in [0, 0.05) is 25.4 Å². The van der Waals surface area contributed by atoms with E-state index in [1.54, 1.807) is 18.2 Å². The maximum absolute atomic E-state index is 12.7. The third kappa shape index (κ3) is 5.01. The Balaban J connectivity index is 1.77. The molecule has 156 valence electrons. The van der Waals surface area contributed by atoms with Crippen molar-refractivity contribution in [3.05, 3.63) is 54.2 Å². The van der Waals surface area contributed by atoms with E-state index in [1.807, 2.05) is 30.3 Å². The van der Waals surface area contributed by atoms with E-state index in [1.165, 1.54) is 20.4 Å². The first kappa shape index (κ1) is 21.0. The predicted octanol–water partition coefficient (Wildman–Crippen LogP) is 3.00. The van der Waals surface area contributed by atoms with Gasteiger partial charge in [-0.15, -0.1) is 0 Å². The molecule has 0 saturated carbocycles. The van der Waals surface area contributed by atoms with E-state index >= 15 is 0 Å². The van der Waals surface area contributed by atoms with Gasteiger partial charge in [-0.3, -0.25) is 4.79 Å². The molecular formula is C22H24N4O4. The van der Waals surface area contributed by atoms with E-state index in [0.717, 1.165) is 24.5 Å². The number of nitriles is 1. The van der Waals surface area contributed by atoms with Crippen molar-refractivity contribution >= 4 is 23.0 Å². The Hall–Kier alpha value is -3.70. The van der Waals surface area contributed by atoms with E-state index in [0.29, 0.717) is 30.4 Å². The quantitative estimate of drug-likeness (QED) is 0.537. The number of amides is 1. The number of nitrogens with zero attached hydrogens (tertiary/aromatic N) is 2. The van der Waals surface area contributed by atoms with Crippen LogP contribution in [0.4, 0.5) is 17.1 Å². The van der Waals surface area contributed by atoms with Gasteiger partial charge < -0.3 is 29.7 Å². The number of para-hydroxylation sites is 2. The van der Waals surface area contributed by atoms with Gasteiger partial charge in [0.1, 0.15) is 23.1 Å². The van der Waals surface area contributed by atoms with Crippen LogP contribution < -0.4 is 25.0 Å². The highest BCUT2D eigenvalue weighted by Crippen LogP contribution is 2.29. The summed E-state index contributed by atoms with van der Waals surface area (Å²) in [7, 11) is 3.03. The molecule has 1 aliphatic rings. The number of methoxy groups -OCH3 is 2. The van der Waals surface area contributed by atoms with Gasteiger partial charge in [-0.1, -0.05) is 12.1 Å². The van der Waals surface area contributed by atoms with Crippen LogP contribution in [0, 0.1) is 11.3 Å². The summed E-state index contributed by atoms with van der Waals surface area (Å²) in [4.78, 5) is 14.9. The number of hydrogen-bond acceptors (Lipinski definition) is 7. The third-order valence-corrected chi connectivity index (χ3v) is 4.65. The maximum Gasteiger partial charge on any atom is 0.267 e. The molecule has 1 fully saturated rings. The van der Waals surface area contributed by atoms with Crippen molar-refractivity contribution in [2.24, 2.45) is 0 Å². The highest BCUT2D eigenvalue weighted by molar-refractivity contribution is 6.07. The summed E-state index contributed by atoms with van der Waals surface area (Å²) >= 11 is 0. The lowest BCUT2D eigenvalue weighted by Crippen LogP contribution is -2.36. The molecule has 30 heavy (non-hydrogen) atoms. The Labute approximate surface area is 175 Å². The zero-order chi connectivity index (χ0) is 21.3. The van der Waals surface area contributed by atoms with Crippen LogP contribution >= 0.6 is 0 Å². The summed E-state index contributed by atoms with van der Waals surface area (Å²) in [5.41, 5.74) is 2.14. The highest BCUT2D eigenvalue weighted by Gasteiger charge is 2.16. The fraction of sp³-hybridized carbons (Fsp3) is 0.273. The van der Waals surface area contributed by atoms with Gasteiger partial charge in [-0.2, -0.15) is 5.26 Å². The highest BCUT2D eigenvalue weighted by atomic mass is 16.5. The number of ether oxygens (including phenoxy) is 3. The average Bonchev–Trinajstić information content (AvgIpc) is 2.80. The minimum Gasteiger partial charge on any atom is -0.497 e. The van der Waals surface area contributed by atoms with Crippen LogP contribution in [0.2, 0.25) is 0 Å². The molecular weight excluding hydrogens is 384 g/mol. The molecule has 2 aromatic rings.